The first-order valence-electron chi connectivity index (χ1n) is 5.37. The van der Waals surface area contributed by atoms with E-state index in [2.05, 4.69) is 25.6 Å². The number of carbonyl (C=O) groups excluding carboxylic acids is 1. The zero-order valence-electron chi connectivity index (χ0n) is 9.94. The highest BCUT2D eigenvalue weighted by Crippen LogP contribution is 2.08. The van der Waals surface area contributed by atoms with Gasteiger partial charge in [-0.1, -0.05) is 0 Å². The Morgan fingerprint density at radius 3 is 2.61 bits per heavy atom. The highest BCUT2D eigenvalue weighted by molar-refractivity contribution is 6.28. The molecule has 0 aliphatic carbocycles. The SMILES string of the molecule is CCNc1nc(Cl)nc(NCCOCC(N)=O)n1. The van der Waals surface area contributed by atoms with Gasteiger partial charge in [-0.25, -0.2) is 0 Å². The largest absolute Gasteiger partial charge is 0.370 e. The van der Waals surface area contributed by atoms with Crippen molar-refractivity contribution in [2.45, 2.75) is 6.92 Å². The van der Waals surface area contributed by atoms with Gasteiger partial charge in [-0.2, -0.15) is 15.0 Å². The standard InChI is InChI=1S/C9H15ClN6O2/c1-2-12-8-14-7(10)15-9(16-8)13-3-4-18-5-6(11)17/h2-5H2,1H3,(H2,11,17)(H2,12,13,14,15,16). The van der Waals surface area contributed by atoms with E-state index in [9.17, 15) is 4.79 Å². The Kier molecular flexibility index (Phi) is 6.09. The predicted molar refractivity (Wildman–Crippen MR) is 67.5 cm³/mol. The molecule has 9 heteroatoms. The minimum atomic E-state index is -0.507. The number of nitrogens with two attached hydrogens (primary N) is 1. The van der Waals surface area contributed by atoms with E-state index in [1.54, 1.807) is 0 Å². The molecule has 1 aromatic rings. The van der Waals surface area contributed by atoms with Crippen LogP contribution in [0.1, 0.15) is 6.92 Å². The van der Waals surface area contributed by atoms with Gasteiger partial charge in [0.1, 0.15) is 6.61 Å². The number of carbonyl (C=O) groups is 1. The average molecular weight is 275 g/mol. The molecule has 0 aliphatic heterocycles. The van der Waals surface area contributed by atoms with Crippen molar-refractivity contribution in [3.8, 4) is 0 Å². The molecular formula is C9H15ClN6O2. The van der Waals surface area contributed by atoms with E-state index in [4.69, 9.17) is 22.1 Å². The second-order valence-corrected chi connectivity index (χ2v) is 3.57. The van der Waals surface area contributed by atoms with Crippen LogP contribution in [0.5, 0.6) is 0 Å². The third-order valence-electron chi connectivity index (χ3n) is 1.72. The Morgan fingerprint density at radius 2 is 2.00 bits per heavy atom. The van der Waals surface area contributed by atoms with Gasteiger partial charge in [-0.15, -0.1) is 0 Å². The van der Waals surface area contributed by atoms with Crippen LogP contribution in [0.25, 0.3) is 0 Å². The van der Waals surface area contributed by atoms with Crippen molar-refractivity contribution in [2.75, 3.05) is 36.9 Å². The van der Waals surface area contributed by atoms with Crippen molar-refractivity contribution in [3.63, 3.8) is 0 Å². The number of hydrogen-bond donors (Lipinski definition) is 3. The smallest absolute Gasteiger partial charge is 0.243 e. The molecule has 4 N–H and O–H groups in total. The van der Waals surface area contributed by atoms with E-state index in [1.165, 1.54) is 0 Å². The maximum Gasteiger partial charge on any atom is 0.243 e. The van der Waals surface area contributed by atoms with E-state index in [-0.39, 0.29) is 11.9 Å². The maximum absolute atomic E-state index is 10.4. The molecule has 8 nitrogen and oxygen atoms in total. The lowest BCUT2D eigenvalue weighted by Crippen LogP contribution is -2.21. The van der Waals surface area contributed by atoms with Crippen molar-refractivity contribution in [3.05, 3.63) is 5.28 Å². The number of amides is 1. The Balaban J connectivity index is 2.39. The Labute approximate surface area is 109 Å². The lowest BCUT2D eigenvalue weighted by atomic mass is 10.6. The second-order valence-electron chi connectivity index (χ2n) is 3.23. The molecule has 0 saturated carbocycles. The van der Waals surface area contributed by atoms with Gasteiger partial charge in [0.15, 0.2) is 0 Å². The molecule has 18 heavy (non-hydrogen) atoms. The van der Waals surface area contributed by atoms with E-state index in [0.29, 0.717) is 31.6 Å². The molecule has 0 radical (unpaired) electrons. The van der Waals surface area contributed by atoms with E-state index in [0.717, 1.165) is 0 Å². The molecule has 1 heterocycles. The molecule has 0 unspecified atom stereocenters. The van der Waals surface area contributed by atoms with Gasteiger partial charge in [0, 0.05) is 13.1 Å². The number of halogens is 1. The molecule has 0 aromatic carbocycles. The molecule has 0 saturated heterocycles. The number of ether oxygens (including phenoxy) is 1. The van der Waals surface area contributed by atoms with Crippen LogP contribution in [-0.2, 0) is 9.53 Å². The topological polar surface area (TPSA) is 115 Å². The monoisotopic (exact) mass is 274 g/mol. The molecule has 1 aromatic heterocycles. The van der Waals surface area contributed by atoms with Crippen LogP contribution < -0.4 is 16.4 Å². The van der Waals surface area contributed by atoms with Crippen molar-refractivity contribution in [2.24, 2.45) is 5.73 Å². The molecule has 0 aliphatic rings. The summed E-state index contributed by atoms with van der Waals surface area (Å²) in [4.78, 5) is 22.3. The molecule has 1 rings (SSSR count). The molecular weight excluding hydrogens is 260 g/mol. The summed E-state index contributed by atoms with van der Waals surface area (Å²) < 4.78 is 4.97. The number of nitrogens with one attached hydrogen (secondary N) is 2. The summed E-state index contributed by atoms with van der Waals surface area (Å²) >= 11 is 5.73. The summed E-state index contributed by atoms with van der Waals surface area (Å²) in [5, 5.41) is 5.92. The average Bonchev–Trinajstić information content (AvgIpc) is 2.28. The minimum Gasteiger partial charge on any atom is -0.370 e. The number of anilines is 2. The highest BCUT2D eigenvalue weighted by atomic mass is 35.5. The van der Waals surface area contributed by atoms with Crippen molar-refractivity contribution in [1.29, 1.82) is 0 Å². The third-order valence-corrected chi connectivity index (χ3v) is 1.89. The highest BCUT2D eigenvalue weighted by Gasteiger charge is 2.03. The van der Waals surface area contributed by atoms with Gasteiger partial charge in [0.25, 0.3) is 0 Å². The number of rotatable bonds is 8. The Hall–Kier alpha value is -1.67. The van der Waals surface area contributed by atoms with Crippen molar-refractivity contribution >= 4 is 29.4 Å². The predicted octanol–water partition coefficient (Wildman–Crippen LogP) is -0.129. The lowest BCUT2D eigenvalue weighted by molar-refractivity contribution is -0.122. The lowest BCUT2D eigenvalue weighted by Gasteiger charge is -2.07. The van der Waals surface area contributed by atoms with Crippen LogP contribution in [0.3, 0.4) is 0 Å². The van der Waals surface area contributed by atoms with E-state index >= 15 is 0 Å². The molecule has 1 amide bonds. The Bertz CT molecular complexity index is 403. The first-order chi connectivity index (χ1) is 8.61. The zero-order chi connectivity index (χ0) is 13.4. The normalized spacial score (nSPS) is 10.1. The van der Waals surface area contributed by atoms with Gasteiger partial charge in [-0.05, 0) is 18.5 Å². The van der Waals surface area contributed by atoms with Crippen molar-refractivity contribution in [1.82, 2.24) is 15.0 Å². The second kappa shape index (κ2) is 7.62. The number of aromatic nitrogens is 3. The maximum atomic E-state index is 10.4. The van der Waals surface area contributed by atoms with Crippen LogP contribution in [-0.4, -0.2) is 47.2 Å². The van der Waals surface area contributed by atoms with Crippen LogP contribution in [0.15, 0.2) is 0 Å². The number of nitrogens with zero attached hydrogens (tertiary/aromatic N) is 3. The fourth-order valence-electron chi connectivity index (χ4n) is 1.07. The van der Waals surface area contributed by atoms with E-state index < -0.39 is 5.91 Å². The summed E-state index contributed by atoms with van der Waals surface area (Å²) in [5.41, 5.74) is 4.92. The molecule has 0 bridgehead atoms. The van der Waals surface area contributed by atoms with E-state index in [1.807, 2.05) is 6.92 Å². The van der Waals surface area contributed by atoms with Gasteiger partial charge < -0.3 is 21.1 Å². The molecule has 0 fully saturated rings. The van der Waals surface area contributed by atoms with Crippen LogP contribution in [0.4, 0.5) is 11.9 Å². The van der Waals surface area contributed by atoms with Gasteiger partial charge >= 0.3 is 0 Å². The minimum absolute atomic E-state index is 0.0986. The van der Waals surface area contributed by atoms with Crippen LogP contribution in [0, 0.1) is 0 Å². The molecule has 0 spiro atoms. The Morgan fingerprint density at radius 1 is 1.33 bits per heavy atom. The van der Waals surface area contributed by atoms with Gasteiger partial charge in [-0.3, -0.25) is 4.79 Å². The number of primary amides is 1. The first kappa shape index (κ1) is 14.4. The van der Waals surface area contributed by atoms with Gasteiger partial charge in [0.2, 0.25) is 23.1 Å². The van der Waals surface area contributed by atoms with Gasteiger partial charge in [0.05, 0.1) is 6.61 Å². The van der Waals surface area contributed by atoms with Crippen molar-refractivity contribution < 1.29 is 9.53 Å². The first-order valence-corrected chi connectivity index (χ1v) is 5.75. The summed E-state index contributed by atoms with van der Waals surface area (Å²) in [7, 11) is 0. The number of hydrogen-bond acceptors (Lipinski definition) is 7. The zero-order valence-corrected chi connectivity index (χ0v) is 10.7. The molecule has 0 atom stereocenters. The fourth-order valence-corrected chi connectivity index (χ4v) is 1.23. The summed E-state index contributed by atoms with van der Waals surface area (Å²) in [6, 6.07) is 0. The molecule has 100 valence electrons. The van der Waals surface area contributed by atoms with Crippen LogP contribution >= 0.6 is 11.6 Å². The third kappa shape index (κ3) is 5.60. The van der Waals surface area contributed by atoms with Crippen LogP contribution in [0.2, 0.25) is 5.28 Å². The summed E-state index contributed by atoms with van der Waals surface area (Å²) in [5.74, 6) is 0.235. The summed E-state index contributed by atoms with van der Waals surface area (Å²) in [6.07, 6.45) is 0. The fraction of sp³-hybridized carbons (Fsp3) is 0.556. The quantitative estimate of drug-likeness (QED) is 0.566. The summed E-state index contributed by atoms with van der Waals surface area (Å²) in [6.45, 7) is 3.23.